The maximum Gasteiger partial charge on any atom is 1.00 e. The van der Waals surface area contributed by atoms with Crippen molar-refractivity contribution in [2.45, 2.75) is 30.8 Å². The molecule has 1 aromatic carbocycles. The molecule has 1 N–H and O–H groups in total. The molecule has 0 amide bonds. The number of nitrogens with zero attached hydrogens (tertiary/aromatic N) is 1. The van der Waals surface area contributed by atoms with Crippen LogP contribution < -0.4 is 29.6 Å². The van der Waals surface area contributed by atoms with Crippen molar-refractivity contribution in [3.05, 3.63) is 34.1 Å². The van der Waals surface area contributed by atoms with Gasteiger partial charge in [-0.15, -0.1) is 0 Å². The van der Waals surface area contributed by atoms with Gasteiger partial charge in [0, 0.05) is 11.5 Å². The fraction of sp³-hybridized carbons (Fsp3) is 0.417. The maximum absolute atomic E-state index is 11.0. The van der Waals surface area contributed by atoms with Crippen LogP contribution >= 0.6 is 11.8 Å². The topological polar surface area (TPSA) is 94.8 Å². The molecule has 1 aliphatic rings. The van der Waals surface area contributed by atoms with Crippen LogP contribution in [-0.4, -0.2) is 32.2 Å². The Morgan fingerprint density at radius 1 is 1.38 bits per heavy atom. The molecule has 0 radical (unpaired) electrons. The SMILES string of the molecule is Cc1ccc(S(=O)(=O)[N-]Cl)cc1.O=C(O)C1CCCO1.[Na+]. The van der Waals surface area contributed by atoms with Crippen molar-refractivity contribution in [3.8, 4) is 0 Å². The Morgan fingerprint density at radius 3 is 2.29 bits per heavy atom. The molecule has 1 unspecified atom stereocenters. The molecule has 1 saturated heterocycles. The fourth-order valence-corrected chi connectivity index (χ4v) is 2.32. The number of hydrogen-bond acceptors (Lipinski definition) is 4. The Bertz CT molecular complexity index is 543. The summed E-state index contributed by atoms with van der Waals surface area (Å²) in [6, 6.07) is 6.32. The number of halogens is 1. The number of carbonyl (C=O) groups is 1. The van der Waals surface area contributed by atoms with E-state index in [2.05, 4.69) is 4.24 Å². The Balaban J connectivity index is 0.000000390. The number of sulfonamides is 1. The predicted molar refractivity (Wildman–Crippen MR) is 74.2 cm³/mol. The van der Waals surface area contributed by atoms with Crippen LogP contribution in [0, 0.1) is 6.92 Å². The molecule has 0 saturated carbocycles. The Labute approximate surface area is 151 Å². The Morgan fingerprint density at radius 2 is 1.95 bits per heavy atom. The summed E-state index contributed by atoms with van der Waals surface area (Å²) in [6.45, 7) is 2.48. The second-order valence-electron chi connectivity index (χ2n) is 4.20. The van der Waals surface area contributed by atoms with Crippen molar-refractivity contribution in [2.24, 2.45) is 0 Å². The molecule has 2 rings (SSSR count). The third-order valence-corrected chi connectivity index (χ3v) is 4.21. The van der Waals surface area contributed by atoms with Crippen LogP contribution in [0.15, 0.2) is 29.2 Å². The summed E-state index contributed by atoms with van der Waals surface area (Å²) < 4.78 is 29.6. The van der Waals surface area contributed by atoms with E-state index >= 15 is 0 Å². The molecule has 1 aliphatic heterocycles. The van der Waals surface area contributed by atoms with Gasteiger partial charge in [-0.2, -0.15) is 0 Å². The average Bonchev–Trinajstić information content (AvgIpc) is 2.94. The van der Waals surface area contributed by atoms with Crippen molar-refractivity contribution in [2.75, 3.05) is 6.61 Å². The van der Waals surface area contributed by atoms with E-state index in [0.717, 1.165) is 12.0 Å². The number of aryl methyl sites for hydroxylation is 1. The van der Waals surface area contributed by atoms with Crippen molar-refractivity contribution < 1.29 is 52.6 Å². The van der Waals surface area contributed by atoms with E-state index in [9.17, 15) is 13.2 Å². The van der Waals surface area contributed by atoms with Crippen LogP contribution in [0.2, 0.25) is 0 Å². The molecule has 1 heterocycles. The van der Waals surface area contributed by atoms with E-state index in [-0.39, 0.29) is 34.5 Å². The molecular formula is C12H15ClNNaO5S. The number of carboxylic acid groups (broad SMARTS) is 1. The summed E-state index contributed by atoms with van der Waals surface area (Å²) in [7, 11) is -3.62. The Kier molecular flexibility index (Phi) is 9.71. The van der Waals surface area contributed by atoms with E-state index < -0.39 is 22.1 Å². The van der Waals surface area contributed by atoms with Crippen LogP contribution in [0.3, 0.4) is 0 Å². The first-order valence-corrected chi connectivity index (χ1v) is 7.64. The number of hydrogen-bond donors (Lipinski definition) is 1. The van der Waals surface area contributed by atoms with E-state index in [1.54, 1.807) is 12.1 Å². The van der Waals surface area contributed by atoms with E-state index in [0.29, 0.717) is 13.0 Å². The zero-order valence-corrected chi connectivity index (χ0v) is 15.4. The van der Waals surface area contributed by atoms with Gasteiger partial charge in [-0.05, 0) is 31.9 Å². The van der Waals surface area contributed by atoms with Gasteiger partial charge < -0.3 is 14.1 Å². The second kappa shape index (κ2) is 9.78. The maximum atomic E-state index is 11.0. The smallest absolute Gasteiger partial charge is 0.479 e. The zero-order valence-electron chi connectivity index (χ0n) is 11.8. The average molecular weight is 344 g/mol. The monoisotopic (exact) mass is 343 g/mol. The van der Waals surface area contributed by atoms with Gasteiger partial charge in [0.2, 0.25) is 0 Å². The number of carboxylic acids is 1. The normalized spacial score (nSPS) is 17.3. The first kappa shape index (κ1) is 20.9. The summed E-state index contributed by atoms with van der Waals surface area (Å²) in [5, 5.41) is 8.29. The summed E-state index contributed by atoms with van der Waals surface area (Å²) in [6.07, 6.45) is 1.04. The van der Waals surface area contributed by atoms with Crippen LogP contribution in [0.25, 0.3) is 4.24 Å². The van der Waals surface area contributed by atoms with Crippen molar-refractivity contribution in [3.63, 3.8) is 0 Å². The van der Waals surface area contributed by atoms with Gasteiger partial charge in [-0.25, -0.2) is 13.2 Å². The minimum atomic E-state index is -3.62. The molecule has 9 heteroatoms. The summed E-state index contributed by atoms with van der Waals surface area (Å²) in [4.78, 5) is 10.2. The third-order valence-electron chi connectivity index (χ3n) is 2.61. The minimum Gasteiger partial charge on any atom is -0.479 e. The minimum absolute atomic E-state index is 0. The van der Waals surface area contributed by atoms with Crippen molar-refractivity contribution in [1.82, 2.24) is 0 Å². The zero-order chi connectivity index (χ0) is 15.2. The summed E-state index contributed by atoms with van der Waals surface area (Å²) in [5.74, 6) is -0.831. The predicted octanol–water partition coefficient (Wildman–Crippen LogP) is -0.535. The molecule has 0 aromatic heterocycles. The summed E-state index contributed by atoms with van der Waals surface area (Å²) >= 11 is 4.90. The van der Waals surface area contributed by atoms with Gasteiger partial charge >= 0.3 is 35.5 Å². The number of aliphatic carboxylic acids is 1. The van der Waals surface area contributed by atoms with Crippen LogP contribution in [0.1, 0.15) is 18.4 Å². The van der Waals surface area contributed by atoms with E-state index in [1.807, 2.05) is 6.92 Å². The number of benzene rings is 1. The molecular weight excluding hydrogens is 329 g/mol. The molecule has 0 spiro atoms. The largest absolute Gasteiger partial charge is 1.00 e. The molecule has 1 atom stereocenters. The van der Waals surface area contributed by atoms with Gasteiger partial charge in [0.15, 0.2) is 6.10 Å². The first-order chi connectivity index (χ1) is 9.36. The van der Waals surface area contributed by atoms with Crippen LogP contribution in [0.5, 0.6) is 0 Å². The van der Waals surface area contributed by atoms with Crippen LogP contribution in [0.4, 0.5) is 0 Å². The quantitative estimate of drug-likeness (QED) is 0.744. The molecule has 1 fully saturated rings. The van der Waals surface area contributed by atoms with Crippen molar-refractivity contribution in [1.29, 1.82) is 0 Å². The standard InChI is InChI=1S/C7H7ClNO2S.C5H8O3.Na/c1-6-2-4-7(5-3-6)12(10,11)9-8;6-5(7)4-2-1-3-8-4;/h2-5H,1H3;4H,1-3H2,(H,6,7);/q-1;;+1. The van der Waals surface area contributed by atoms with Gasteiger partial charge in [0.05, 0.1) is 0 Å². The first-order valence-electron chi connectivity index (χ1n) is 5.86. The molecule has 0 aliphatic carbocycles. The molecule has 21 heavy (non-hydrogen) atoms. The van der Waals surface area contributed by atoms with Gasteiger partial charge in [0.1, 0.15) is 10.0 Å². The van der Waals surface area contributed by atoms with E-state index in [4.69, 9.17) is 21.6 Å². The number of ether oxygens (including phenoxy) is 1. The van der Waals surface area contributed by atoms with Gasteiger partial charge in [0.25, 0.3) is 0 Å². The molecule has 6 nitrogen and oxygen atoms in total. The second-order valence-corrected chi connectivity index (χ2v) is 6.17. The van der Waals surface area contributed by atoms with Gasteiger partial charge in [-0.3, -0.25) is 11.8 Å². The molecule has 1 aromatic rings. The Hall–Kier alpha value is -0.150. The fourth-order valence-electron chi connectivity index (χ4n) is 1.52. The van der Waals surface area contributed by atoms with Gasteiger partial charge in [-0.1, -0.05) is 17.7 Å². The molecule has 112 valence electrons. The number of rotatable bonds is 3. The van der Waals surface area contributed by atoms with Crippen LogP contribution in [-0.2, 0) is 19.6 Å². The molecule has 0 bridgehead atoms. The third kappa shape index (κ3) is 7.10. The van der Waals surface area contributed by atoms with Crippen molar-refractivity contribution >= 4 is 27.8 Å². The van der Waals surface area contributed by atoms with E-state index in [1.165, 1.54) is 12.1 Å². The summed E-state index contributed by atoms with van der Waals surface area (Å²) in [5.41, 5.74) is 0.989.